The van der Waals surface area contributed by atoms with Crippen molar-refractivity contribution < 1.29 is 24.1 Å². The molecule has 0 radical (unpaired) electrons. The van der Waals surface area contributed by atoms with Crippen LogP contribution in [0.25, 0.3) is 6.08 Å². The van der Waals surface area contributed by atoms with Crippen molar-refractivity contribution in [3.05, 3.63) is 23.8 Å². The van der Waals surface area contributed by atoms with Gasteiger partial charge in [0, 0.05) is 11.6 Å². The first-order valence-electron chi connectivity index (χ1n) is 4.81. The second kappa shape index (κ2) is 5.79. The predicted octanol–water partition coefficient (Wildman–Crippen LogP) is 0.475. The maximum atomic E-state index is 10.4. The highest BCUT2D eigenvalue weighted by molar-refractivity contribution is 5.84. The number of carboxylic acids is 1. The van der Waals surface area contributed by atoms with E-state index in [2.05, 4.69) is 0 Å². The fourth-order valence-corrected chi connectivity index (χ4v) is 1.34. The van der Waals surface area contributed by atoms with Crippen LogP contribution in [0, 0.1) is 0 Å². The number of benzene rings is 1. The molecule has 1 aromatic rings. The molecule has 0 unspecified atom stereocenters. The first kappa shape index (κ1) is 12.9. The third-order valence-corrected chi connectivity index (χ3v) is 2.13. The van der Waals surface area contributed by atoms with Crippen molar-refractivity contribution in [1.29, 1.82) is 0 Å². The van der Waals surface area contributed by atoms with Gasteiger partial charge in [-0.15, -0.1) is 0 Å². The van der Waals surface area contributed by atoms with Crippen molar-refractivity contribution in [2.75, 3.05) is 21.3 Å². The number of hydrogen-bond donors (Lipinski definition) is 0. The Morgan fingerprint density at radius 3 is 2.06 bits per heavy atom. The van der Waals surface area contributed by atoms with Crippen LogP contribution < -0.4 is 19.3 Å². The fraction of sp³-hybridized carbons (Fsp3) is 0.250. The molecule has 92 valence electrons. The van der Waals surface area contributed by atoms with Crippen LogP contribution in [0.2, 0.25) is 0 Å². The van der Waals surface area contributed by atoms with Gasteiger partial charge in [-0.3, -0.25) is 0 Å². The van der Waals surface area contributed by atoms with Crippen LogP contribution in [0.3, 0.4) is 0 Å². The molecule has 0 saturated heterocycles. The van der Waals surface area contributed by atoms with Gasteiger partial charge in [0.2, 0.25) is 0 Å². The van der Waals surface area contributed by atoms with Crippen molar-refractivity contribution in [3.8, 4) is 17.2 Å². The van der Waals surface area contributed by atoms with Gasteiger partial charge in [-0.1, -0.05) is 0 Å². The summed E-state index contributed by atoms with van der Waals surface area (Å²) < 4.78 is 15.3. The first-order chi connectivity index (χ1) is 8.12. The summed E-state index contributed by atoms with van der Waals surface area (Å²) in [6.45, 7) is 0. The van der Waals surface area contributed by atoms with Crippen molar-refractivity contribution in [2.45, 2.75) is 0 Å². The van der Waals surface area contributed by atoms with Gasteiger partial charge >= 0.3 is 0 Å². The molecule has 5 heteroatoms. The largest absolute Gasteiger partial charge is 0.545 e. The average Bonchev–Trinajstić information content (AvgIpc) is 2.34. The average molecular weight is 237 g/mol. The van der Waals surface area contributed by atoms with Gasteiger partial charge in [0.1, 0.15) is 5.75 Å². The van der Waals surface area contributed by atoms with Gasteiger partial charge in [-0.2, -0.15) is 0 Å². The van der Waals surface area contributed by atoms with Crippen LogP contribution in [0.4, 0.5) is 0 Å². The lowest BCUT2D eigenvalue weighted by Crippen LogP contribution is -2.18. The quantitative estimate of drug-likeness (QED) is 0.696. The Hall–Kier alpha value is -2.17. The number of methoxy groups -OCH3 is 3. The number of carboxylic acid groups (broad SMARTS) is 1. The van der Waals surface area contributed by atoms with Gasteiger partial charge in [0.25, 0.3) is 0 Å². The third kappa shape index (κ3) is 3.14. The fourth-order valence-electron chi connectivity index (χ4n) is 1.34. The molecule has 0 N–H and O–H groups in total. The summed E-state index contributed by atoms with van der Waals surface area (Å²) in [4.78, 5) is 10.4. The molecule has 0 aliphatic carbocycles. The Kier molecular flexibility index (Phi) is 4.39. The van der Waals surface area contributed by atoms with Crippen molar-refractivity contribution >= 4 is 12.0 Å². The molecule has 0 spiro atoms. The Morgan fingerprint density at radius 1 is 1.06 bits per heavy atom. The Morgan fingerprint density at radius 2 is 1.59 bits per heavy atom. The van der Waals surface area contributed by atoms with E-state index in [1.165, 1.54) is 27.4 Å². The monoisotopic (exact) mass is 237 g/mol. The Bertz CT molecular complexity index is 437. The topological polar surface area (TPSA) is 67.8 Å². The van der Waals surface area contributed by atoms with Gasteiger partial charge in [0.15, 0.2) is 11.5 Å². The molecule has 1 rings (SSSR count). The Balaban J connectivity index is 3.23. The minimum atomic E-state index is -1.28. The Labute approximate surface area is 99.2 Å². The molecule has 5 nitrogen and oxygen atoms in total. The number of carbonyl (C=O) groups excluding carboxylic acids is 1. The van der Waals surface area contributed by atoms with Gasteiger partial charge in [0.05, 0.1) is 27.3 Å². The molecular formula is C12H13O5-. The molecule has 1 aromatic carbocycles. The lowest BCUT2D eigenvalue weighted by Gasteiger charge is -2.12. The molecule has 17 heavy (non-hydrogen) atoms. The number of ether oxygens (including phenoxy) is 3. The molecule has 0 fully saturated rings. The summed E-state index contributed by atoms with van der Waals surface area (Å²) in [5, 5.41) is 10.4. The molecule has 0 aliphatic rings. The van der Waals surface area contributed by atoms with Crippen LogP contribution in [-0.4, -0.2) is 27.3 Å². The predicted molar refractivity (Wildman–Crippen MR) is 60.1 cm³/mol. The molecule has 0 aliphatic heterocycles. The van der Waals surface area contributed by atoms with Crippen LogP contribution >= 0.6 is 0 Å². The van der Waals surface area contributed by atoms with Crippen LogP contribution in [-0.2, 0) is 4.79 Å². The third-order valence-electron chi connectivity index (χ3n) is 2.13. The van der Waals surface area contributed by atoms with E-state index in [0.717, 1.165) is 6.08 Å². The molecule has 0 aromatic heterocycles. The molecule has 0 atom stereocenters. The highest BCUT2D eigenvalue weighted by atomic mass is 16.5. The van der Waals surface area contributed by atoms with E-state index in [0.29, 0.717) is 22.8 Å². The zero-order valence-corrected chi connectivity index (χ0v) is 9.85. The van der Waals surface area contributed by atoms with Crippen LogP contribution in [0.5, 0.6) is 17.2 Å². The van der Waals surface area contributed by atoms with Crippen LogP contribution in [0.15, 0.2) is 18.2 Å². The summed E-state index contributed by atoms with van der Waals surface area (Å²) >= 11 is 0. The van der Waals surface area contributed by atoms with E-state index in [9.17, 15) is 9.90 Å². The van der Waals surface area contributed by atoms with E-state index in [-0.39, 0.29) is 0 Å². The maximum absolute atomic E-state index is 10.4. The summed E-state index contributed by atoms with van der Waals surface area (Å²) in [7, 11) is 4.49. The number of rotatable bonds is 5. The lowest BCUT2D eigenvalue weighted by atomic mass is 10.1. The SMILES string of the molecule is COc1cc(OC)c(OC)cc1/C=C\C(=O)[O-]. The normalized spacial score (nSPS) is 10.3. The highest BCUT2D eigenvalue weighted by Crippen LogP contribution is 2.35. The van der Waals surface area contributed by atoms with Gasteiger partial charge in [-0.05, 0) is 18.2 Å². The van der Waals surface area contributed by atoms with Gasteiger partial charge < -0.3 is 24.1 Å². The second-order valence-electron chi connectivity index (χ2n) is 3.10. The minimum Gasteiger partial charge on any atom is -0.545 e. The van der Waals surface area contributed by atoms with E-state index in [1.807, 2.05) is 0 Å². The van der Waals surface area contributed by atoms with Crippen molar-refractivity contribution in [2.24, 2.45) is 0 Å². The standard InChI is InChI=1S/C12H14O5/c1-15-9-7-11(17-3)10(16-2)6-8(9)4-5-12(13)14/h4-7H,1-3H3,(H,13,14)/p-1/b5-4-. The lowest BCUT2D eigenvalue weighted by molar-refractivity contribution is -0.297. The smallest absolute Gasteiger partial charge is 0.164 e. The van der Waals surface area contributed by atoms with Crippen molar-refractivity contribution in [1.82, 2.24) is 0 Å². The van der Waals surface area contributed by atoms with Crippen LogP contribution in [0.1, 0.15) is 5.56 Å². The zero-order valence-electron chi connectivity index (χ0n) is 9.85. The van der Waals surface area contributed by atoms with Crippen molar-refractivity contribution in [3.63, 3.8) is 0 Å². The number of hydrogen-bond acceptors (Lipinski definition) is 5. The number of aliphatic carboxylic acids is 1. The maximum Gasteiger partial charge on any atom is 0.164 e. The van der Waals surface area contributed by atoms with E-state index in [4.69, 9.17) is 14.2 Å². The second-order valence-corrected chi connectivity index (χ2v) is 3.10. The first-order valence-corrected chi connectivity index (χ1v) is 4.81. The van der Waals surface area contributed by atoms with E-state index >= 15 is 0 Å². The summed E-state index contributed by atoms with van der Waals surface area (Å²) in [5.74, 6) is 0.211. The summed E-state index contributed by atoms with van der Waals surface area (Å²) in [6, 6.07) is 3.24. The molecule has 0 bridgehead atoms. The minimum absolute atomic E-state index is 0.486. The highest BCUT2D eigenvalue weighted by Gasteiger charge is 2.09. The molecule has 0 amide bonds. The summed E-state index contributed by atoms with van der Waals surface area (Å²) in [6.07, 6.45) is 2.29. The van der Waals surface area contributed by atoms with Gasteiger partial charge in [-0.25, -0.2) is 0 Å². The number of carbonyl (C=O) groups is 1. The summed E-state index contributed by atoms with van der Waals surface area (Å²) in [5.41, 5.74) is 0.564. The van der Waals surface area contributed by atoms with E-state index in [1.54, 1.807) is 12.1 Å². The molecular weight excluding hydrogens is 224 g/mol. The van der Waals surface area contributed by atoms with E-state index < -0.39 is 5.97 Å². The molecule has 0 saturated carbocycles. The molecule has 0 heterocycles. The zero-order chi connectivity index (χ0) is 12.8.